The van der Waals surface area contributed by atoms with Gasteiger partial charge in [-0.2, -0.15) is 11.3 Å². The molecule has 2 saturated heterocycles. The smallest absolute Gasteiger partial charge is 0.253 e. The van der Waals surface area contributed by atoms with Crippen molar-refractivity contribution in [3.63, 3.8) is 0 Å². The molecular weight excluding hydrogens is 348 g/mol. The molecule has 1 atom stereocenters. The second kappa shape index (κ2) is 7.21. The summed E-state index contributed by atoms with van der Waals surface area (Å²) in [5, 5.41) is 4.01. The lowest BCUT2D eigenvalue weighted by molar-refractivity contribution is -0.153. The number of hydrogen-bond donors (Lipinski definition) is 0. The number of benzene rings is 1. The number of piperidine rings is 1. The summed E-state index contributed by atoms with van der Waals surface area (Å²) in [5.74, 6) is 0.109. The number of morpholine rings is 1. The summed E-state index contributed by atoms with van der Waals surface area (Å²) in [7, 11) is 0. The summed E-state index contributed by atoms with van der Waals surface area (Å²) in [5.41, 5.74) is 1.49. The highest BCUT2D eigenvalue weighted by Crippen LogP contribution is 2.32. The van der Waals surface area contributed by atoms with E-state index >= 15 is 0 Å². The molecule has 0 saturated carbocycles. The standard InChI is InChI=1S/C20H22N2O3S/c23-18(11-16-7-10-26-13-16)21-9-4-8-20(14-21)15-22(19(24)12-25-20)17-5-2-1-3-6-17/h1-3,5-7,10,13H,4,8-9,11-12,14-15H2. The molecule has 4 rings (SSSR count). The highest BCUT2D eigenvalue weighted by molar-refractivity contribution is 7.08. The van der Waals surface area contributed by atoms with Crippen molar-refractivity contribution in [3.05, 3.63) is 52.7 Å². The quantitative estimate of drug-likeness (QED) is 0.835. The number of thiophene rings is 1. The minimum Gasteiger partial charge on any atom is -0.361 e. The van der Waals surface area contributed by atoms with Crippen LogP contribution in [0.2, 0.25) is 0 Å². The topological polar surface area (TPSA) is 49.9 Å². The number of hydrogen-bond acceptors (Lipinski definition) is 4. The van der Waals surface area contributed by atoms with Crippen molar-refractivity contribution in [2.45, 2.75) is 24.9 Å². The van der Waals surface area contributed by atoms with Crippen LogP contribution < -0.4 is 4.90 Å². The lowest BCUT2D eigenvalue weighted by Gasteiger charge is -2.47. The van der Waals surface area contributed by atoms with Crippen molar-refractivity contribution in [2.24, 2.45) is 0 Å². The van der Waals surface area contributed by atoms with Gasteiger partial charge in [0.1, 0.15) is 12.2 Å². The number of rotatable bonds is 3. The van der Waals surface area contributed by atoms with Crippen molar-refractivity contribution in [3.8, 4) is 0 Å². The highest BCUT2D eigenvalue weighted by Gasteiger charge is 2.44. The molecule has 26 heavy (non-hydrogen) atoms. The molecule has 0 bridgehead atoms. The predicted octanol–water partition coefficient (Wildman–Crippen LogP) is 2.72. The van der Waals surface area contributed by atoms with E-state index in [2.05, 4.69) is 0 Å². The van der Waals surface area contributed by atoms with Gasteiger partial charge in [0.25, 0.3) is 5.91 Å². The summed E-state index contributed by atoms with van der Waals surface area (Å²) in [6.45, 7) is 1.87. The highest BCUT2D eigenvalue weighted by atomic mass is 32.1. The number of para-hydroxylation sites is 1. The van der Waals surface area contributed by atoms with Crippen LogP contribution in [0.25, 0.3) is 0 Å². The maximum absolute atomic E-state index is 12.7. The molecule has 3 heterocycles. The molecular formula is C20H22N2O3S. The van der Waals surface area contributed by atoms with Gasteiger partial charge in [-0.1, -0.05) is 18.2 Å². The van der Waals surface area contributed by atoms with E-state index in [1.54, 1.807) is 16.2 Å². The van der Waals surface area contributed by atoms with Crippen LogP contribution in [0.15, 0.2) is 47.2 Å². The van der Waals surface area contributed by atoms with Crippen LogP contribution in [0.5, 0.6) is 0 Å². The van der Waals surface area contributed by atoms with E-state index in [1.807, 2.05) is 52.1 Å². The van der Waals surface area contributed by atoms with Gasteiger partial charge in [0, 0.05) is 12.2 Å². The van der Waals surface area contributed by atoms with E-state index < -0.39 is 5.60 Å². The van der Waals surface area contributed by atoms with Gasteiger partial charge in [0.05, 0.1) is 19.5 Å². The zero-order valence-corrected chi connectivity index (χ0v) is 15.4. The lowest BCUT2D eigenvalue weighted by atomic mass is 9.90. The Balaban J connectivity index is 1.48. The van der Waals surface area contributed by atoms with Crippen molar-refractivity contribution in [2.75, 3.05) is 31.1 Å². The van der Waals surface area contributed by atoms with Gasteiger partial charge in [0.2, 0.25) is 5.91 Å². The fourth-order valence-electron chi connectivity index (χ4n) is 3.80. The molecule has 1 aromatic heterocycles. The number of anilines is 1. The van der Waals surface area contributed by atoms with Crippen LogP contribution in [0.3, 0.4) is 0 Å². The second-order valence-corrected chi connectivity index (χ2v) is 7.79. The van der Waals surface area contributed by atoms with E-state index in [-0.39, 0.29) is 18.4 Å². The number of likely N-dealkylation sites (tertiary alicyclic amines) is 1. The van der Waals surface area contributed by atoms with Gasteiger partial charge < -0.3 is 14.5 Å². The summed E-state index contributed by atoms with van der Waals surface area (Å²) in [4.78, 5) is 28.8. The van der Waals surface area contributed by atoms with Crippen LogP contribution in [0.1, 0.15) is 18.4 Å². The third kappa shape index (κ3) is 3.52. The lowest BCUT2D eigenvalue weighted by Crippen LogP contribution is -2.62. The maximum Gasteiger partial charge on any atom is 0.253 e. The molecule has 0 radical (unpaired) electrons. The Hall–Kier alpha value is -2.18. The minimum absolute atomic E-state index is 0.0245. The van der Waals surface area contributed by atoms with Crippen LogP contribution in [0.4, 0.5) is 5.69 Å². The largest absolute Gasteiger partial charge is 0.361 e. The zero-order chi connectivity index (χ0) is 18.0. The monoisotopic (exact) mass is 370 g/mol. The maximum atomic E-state index is 12.7. The first-order valence-corrected chi connectivity index (χ1v) is 9.88. The molecule has 136 valence electrons. The Bertz CT molecular complexity index is 778. The second-order valence-electron chi connectivity index (χ2n) is 7.01. The van der Waals surface area contributed by atoms with E-state index in [9.17, 15) is 9.59 Å². The van der Waals surface area contributed by atoms with Crippen LogP contribution in [0, 0.1) is 0 Å². The van der Waals surface area contributed by atoms with Crippen molar-refractivity contribution >= 4 is 28.8 Å². The van der Waals surface area contributed by atoms with E-state index in [0.29, 0.717) is 19.5 Å². The van der Waals surface area contributed by atoms with Crippen molar-refractivity contribution in [1.29, 1.82) is 0 Å². The van der Waals surface area contributed by atoms with Gasteiger partial charge in [-0.05, 0) is 47.4 Å². The van der Waals surface area contributed by atoms with Crippen molar-refractivity contribution < 1.29 is 14.3 Å². The Morgan fingerprint density at radius 2 is 2.04 bits per heavy atom. The molecule has 2 amide bonds. The molecule has 2 aromatic rings. The van der Waals surface area contributed by atoms with Gasteiger partial charge >= 0.3 is 0 Å². The number of carbonyl (C=O) groups is 2. The number of amides is 2. The molecule has 1 aromatic carbocycles. The first kappa shape index (κ1) is 17.2. The summed E-state index contributed by atoms with van der Waals surface area (Å²) >= 11 is 1.61. The molecule has 6 heteroatoms. The number of nitrogens with zero attached hydrogens (tertiary/aromatic N) is 2. The Morgan fingerprint density at radius 3 is 2.81 bits per heavy atom. The zero-order valence-electron chi connectivity index (χ0n) is 14.6. The molecule has 1 unspecified atom stereocenters. The first-order valence-electron chi connectivity index (χ1n) is 8.93. The molecule has 5 nitrogen and oxygen atoms in total. The van der Waals surface area contributed by atoms with Crippen molar-refractivity contribution in [1.82, 2.24) is 4.90 Å². The van der Waals surface area contributed by atoms with E-state index in [0.717, 1.165) is 30.6 Å². The van der Waals surface area contributed by atoms with Gasteiger partial charge in [0.15, 0.2) is 0 Å². The molecule has 2 aliphatic heterocycles. The average Bonchev–Trinajstić information content (AvgIpc) is 3.18. The van der Waals surface area contributed by atoms with Crippen LogP contribution in [-0.2, 0) is 20.7 Å². The van der Waals surface area contributed by atoms with Crippen LogP contribution in [-0.4, -0.2) is 48.6 Å². The average molecular weight is 370 g/mol. The van der Waals surface area contributed by atoms with Crippen LogP contribution >= 0.6 is 11.3 Å². The normalized spacial score (nSPS) is 23.5. The van der Waals surface area contributed by atoms with Gasteiger partial charge in [-0.3, -0.25) is 9.59 Å². The molecule has 2 aliphatic rings. The number of ether oxygens (including phenoxy) is 1. The fourth-order valence-corrected chi connectivity index (χ4v) is 4.46. The summed E-state index contributed by atoms with van der Waals surface area (Å²) in [6.07, 6.45) is 2.19. The molecule has 1 spiro atoms. The van der Waals surface area contributed by atoms with E-state index in [4.69, 9.17) is 4.74 Å². The predicted molar refractivity (Wildman–Crippen MR) is 101 cm³/mol. The fraction of sp³-hybridized carbons (Fsp3) is 0.400. The Labute approximate surface area is 157 Å². The van der Waals surface area contributed by atoms with Gasteiger partial charge in [-0.25, -0.2) is 0 Å². The third-order valence-electron chi connectivity index (χ3n) is 5.14. The molecule has 0 aliphatic carbocycles. The Morgan fingerprint density at radius 1 is 1.19 bits per heavy atom. The summed E-state index contributed by atoms with van der Waals surface area (Å²) in [6, 6.07) is 11.7. The minimum atomic E-state index is -0.466. The van der Waals surface area contributed by atoms with E-state index in [1.165, 1.54) is 0 Å². The third-order valence-corrected chi connectivity index (χ3v) is 5.88. The molecule has 2 fully saturated rings. The first-order chi connectivity index (χ1) is 12.7. The summed E-state index contributed by atoms with van der Waals surface area (Å²) < 4.78 is 6.00. The molecule has 0 N–H and O–H groups in total. The van der Waals surface area contributed by atoms with Gasteiger partial charge in [-0.15, -0.1) is 0 Å². The number of carbonyl (C=O) groups excluding carboxylic acids is 2. The SMILES string of the molecule is O=C(Cc1ccsc1)N1CCCC2(C1)CN(c1ccccc1)C(=O)CO2. The Kier molecular flexibility index (Phi) is 4.78.